The number of nitro groups is 1. The molecule has 1 aromatic carbocycles. The van der Waals surface area contributed by atoms with E-state index in [9.17, 15) is 14.9 Å². The molecule has 2 aliphatic rings. The highest BCUT2D eigenvalue weighted by Crippen LogP contribution is 2.26. The first-order valence-corrected chi connectivity index (χ1v) is 8.02. The summed E-state index contributed by atoms with van der Waals surface area (Å²) in [6.07, 6.45) is 2.35. The number of piperazine rings is 1. The van der Waals surface area contributed by atoms with E-state index in [0.29, 0.717) is 17.3 Å². The largest absolute Gasteiger partial charge is 0.322 e. The molecule has 2 aliphatic heterocycles. The highest BCUT2D eigenvalue weighted by molar-refractivity contribution is 5.90. The van der Waals surface area contributed by atoms with Crippen LogP contribution in [0, 0.1) is 17.0 Å². The van der Waals surface area contributed by atoms with Crippen molar-refractivity contribution in [3.63, 3.8) is 0 Å². The van der Waals surface area contributed by atoms with E-state index in [4.69, 9.17) is 0 Å². The van der Waals surface area contributed by atoms with E-state index >= 15 is 0 Å². The van der Waals surface area contributed by atoms with Crippen molar-refractivity contribution in [3.8, 4) is 0 Å². The molecule has 1 aromatic rings. The number of rotatable bonds is 2. The van der Waals surface area contributed by atoms with Crippen molar-refractivity contribution in [3.05, 3.63) is 33.9 Å². The Balaban J connectivity index is 1.69. The number of nitro benzene ring substituents is 1. The standard InChI is InChI=1S/C16H22N4O3/c1-11-8-13(5-6-15(11)20(22)23)17-16(21)19-10-14-4-3-7-18(14)9-12(19)2/h5-6,8,12,14H,3-4,7,9-10H2,1-2H3,(H,17,21)/t12-,14-/m1/s1. The third kappa shape index (κ3) is 3.14. The van der Waals surface area contributed by atoms with Crippen molar-refractivity contribution in [2.45, 2.75) is 38.8 Å². The van der Waals surface area contributed by atoms with Crippen LogP contribution in [0.25, 0.3) is 0 Å². The number of hydrogen-bond acceptors (Lipinski definition) is 4. The summed E-state index contributed by atoms with van der Waals surface area (Å²) in [7, 11) is 0. The van der Waals surface area contributed by atoms with Gasteiger partial charge in [-0.25, -0.2) is 4.79 Å². The molecule has 0 spiro atoms. The molecule has 0 aromatic heterocycles. The summed E-state index contributed by atoms with van der Waals surface area (Å²) in [5, 5.41) is 13.7. The van der Waals surface area contributed by atoms with Crippen molar-refractivity contribution in [1.82, 2.24) is 9.80 Å². The predicted octanol–water partition coefficient (Wildman–Crippen LogP) is 2.60. The third-order valence-corrected chi connectivity index (χ3v) is 4.84. The molecule has 3 rings (SSSR count). The molecule has 0 bridgehead atoms. The van der Waals surface area contributed by atoms with Crippen LogP contribution in [-0.2, 0) is 0 Å². The highest BCUT2D eigenvalue weighted by Gasteiger charge is 2.36. The Morgan fingerprint density at radius 3 is 2.87 bits per heavy atom. The van der Waals surface area contributed by atoms with Crippen molar-refractivity contribution in [1.29, 1.82) is 0 Å². The number of anilines is 1. The van der Waals surface area contributed by atoms with Gasteiger partial charge in [-0.1, -0.05) is 0 Å². The summed E-state index contributed by atoms with van der Waals surface area (Å²) < 4.78 is 0. The van der Waals surface area contributed by atoms with Gasteiger partial charge >= 0.3 is 6.03 Å². The third-order valence-electron chi connectivity index (χ3n) is 4.84. The van der Waals surface area contributed by atoms with E-state index in [1.807, 2.05) is 4.90 Å². The molecule has 7 nitrogen and oxygen atoms in total. The minimum atomic E-state index is -0.414. The zero-order valence-electron chi connectivity index (χ0n) is 13.5. The first kappa shape index (κ1) is 15.7. The molecule has 2 heterocycles. The van der Waals surface area contributed by atoms with Crippen LogP contribution >= 0.6 is 0 Å². The molecule has 7 heteroatoms. The van der Waals surface area contributed by atoms with Crippen LogP contribution in [0.4, 0.5) is 16.2 Å². The van der Waals surface area contributed by atoms with Gasteiger partial charge in [0, 0.05) is 42.5 Å². The van der Waals surface area contributed by atoms with Crippen LogP contribution in [-0.4, -0.2) is 52.5 Å². The summed E-state index contributed by atoms with van der Waals surface area (Å²) >= 11 is 0. The second-order valence-electron chi connectivity index (χ2n) is 6.48. The molecule has 1 N–H and O–H groups in total. The zero-order chi connectivity index (χ0) is 16.6. The number of hydrogen-bond donors (Lipinski definition) is 1. The normalized spacial score (nSPS) is 24.3. The smallest absolute Gasteiger partial charge is 0.319 e. The minimum Gasteiger partial charge on any atom is -0.319 e. The summed E-state index contributed by atoms with van der Waals surface area (Å²) in [5.41, 5.74) is 1.21. The molecule has 0 unspecified atom stereocenters. The SMILES string of the molecule is Cc1cc(NC(=O)N2C[C@H]3CCCN3C[C@H]2C)ccc1[N+](=O)[O-]. The van der Waals surface area contributed by atoms with E-state index in [0.717, 1.165) is 26.1 Å². The highest BCUT2D eigenvalue weighted by atomic mass is 16.6. The number of aryl methyl sites for hydroxylation is 1. The average molecular weight is 318 g/mol. The molecule has 0 aliphatic carbocycles. The fourth-order valence-corrected chi connectivity index (χ4v) is 3.60. The van der Waals surface area contributed by atoms with Crippen molar-refractivity contribution in [2.75, 3.05) is 25.0 Å². The average Bonchev–Trinajstić information content (AvgIpc) is 2.93. The lowest BCUT2D eigenvalue weighted by Gasteiger charge is -2.42. The maximum Gasteiger partial charge on any atom is 0.322 e. The molecule has 23 heavy (non-hydrogen) atoms. The fourth-order valence-electron chi connectivity index (χ4n) is 3.60. The molecule has 0 saturated carbocycles. The minimum absolute atomic E-state index is 0.0657. The molecule has 2 fully saturated rings. The monoisotopic (exact) mass is 318 g/mol. The first-order chi connectivity index (χ1) is 11.0. The summed E-state index contributed by atoms with van der Waals surface area (Å²) in [5.74, 6) is 0. The Hall–Kier alpha value is -2.15. The van der Waals surface area contributed by atoms with Crippen LogP contribution in [0.3, 0.4) is 0 Å². The maximum atomic E-state index is 12.6. The number of nitrogens with one attached hydrogen (secondary N) is 1. The molecule has 2 saturated heterocycles. The second-order valence-corrected chi connectivity index (χ2v) is 6.48. The number of carbonyl (C=O) groups excluding carboxylic acids is 1. The molecule has 124 valence electrons. The van der Waals surface area contributed by atoms with Gasteiger partial charge in [0.2, 0.25) is 0 Å². The van der Waals surface area contributed by atoms with E-state index < -0.39 is 4.92 Å². The number of fused-ring (bicyclic) bond motifs is 1. The van der Waals surface area contributed by atoms with Crippen molar-refractivity contribution < 1.29 is 9.72 Å². The van der Waals surface area contributed by atoms with Crippen molar-refractivity contribution >= 4 is 17.4 Å². The van der Waals surface area contributed by atoms with Gasteiger partial charge in [-0.3, -0.25) is 15.0 Å². The topological polar surface area (TPSA) is 78.7 Å². The lowest BCUT2D eigenvalue weighted by molar-refractivity contribution is -0.385. The van der Waals surface area contributed by atoms with E-state index in [1.54, 1.807) is 19.1 Å². The van der Waals surface area contributed by atoms with Crippen LogP contribution in [0.2, 0.25) is 0 Å². The lowest BCUT2D eigenvalue weighted by atomic mass is 10.1. The van der Waals surface area contributed by atoms with Crippen LogP contribution in [0.1, 0.15) is 25.3 Å². The van der Waals surface area contributed by atoms with E-state index in [1.165, 1.54) is 12.5 Å². The van der Waals surface area contributed by atoms with Crippen LogP contribution in [0.15, 0.2) is 18.2 Å². The number of amides is 2. The Morgan fingerprint density at radius 1 is 1.39 bits per heavy atom. The van der Waals surface area contributed by atoms with Gasteiger partial charge in [0.05, 0.1) is 4.92 Å². The molecule has 2 atom stereocenters. The lowest BCUT2D eigenvalue weighted by Crippen LogP contribution is -2.57. The predicted molar refractivity (Wildman–Crippen MR) is 87.6 cm³/mol. The number of urea groups is 1. The molecule has 0 radical (unpaired) electrons. The summed E-state index contributed by atoms with van der Waals surface area (Å²) in [6, 6.07) is 5.17. The second kappa shape index (κ2) is 6.16. The molecular weight excluding hydrogens is 296 g/mol. The van der Waals surface area contributed by atoms with Crippen LogP contribution < -0.4 is 5.32 Å². The maximum absolute atomic E-state index is 12.6. The number of benzene rings is 1. The van der Waals surface area contributed by atoms with Gasteiger partial charge in [0.25, 0.3) is 5.69 Å². The Labute approximate surface area is 135 Å². The van der Waals surface area contributed by atoms with E-state index in [-0.39, 0.29) is 17.8 Å². The fraction of sp³-hybridized carbons (Fsp3) is 0.562. The van der Waals surface area contributed by atoms with Gasteiger partial charge in [0.1, 0.15) is 0 Å². The quantitative estimate of drug-likeness (QED) is 0.671. The van der Waals surface area contributed by atoms with Gasteiger partial charge in [0.15, 0.2) is 0 Å². The summed E-state index contributed by atoms with van der Waals surface area (Å²) in [6.45, 7) is 6.53. The van der Waals surface area contributed by atoms with Gasteiger partial charge < -0.3 is 10.2 Å². The molecule has 2 amide bonds. The van der Waals surface area contributed by atoms with Gasteiger partial charge in [-0.2, -0.15) is 0 Å². The summed E-state index contributed by atoms with van der Waals surface area (Å²) in [4.78, 5) is 27.3. The van der Waals surface area contributed by atoms with Gasteiger partial charge in [-0.15, -0.1) is 0 Å². The van der Waals surface area contributed by atoms with Crippen LogP contribution in [0.5, 0.6) is 0 Å². The first-order valence-electron chi connectivity index (χ1n) is 8.02. The number of carbonyl (C=O) groups is 1. The Kier molecular flexibility index (Phi) is 4.21. The van der Waals surface area contributed by atoms with E-state index in [2.05, 4.69) is 17.1 Å². The Morgan fingerprint density at radius 2 is 2.17 bits per heavy atom. The van der Waals surface area contributed by atoms with Crippen molar-refractivity contribution in [2.24, 2.45) is 0 Å². The Bertz CT molecular complexity index is 634. The number of nitrogens with zero attached hydrogens (tertiary/aromatic N) is 3. The van der Waals surface area contributed by atoms with Gasteiger partial charge in [-0.05, 0) is 45.4 Å². The zero-order valence-corrected chi connectivity index (χ0v) is 13.5. The molecular formula is C16H22N4O3.